The van der Waals surface area contributed by atoms with Crippen molar-refractivity contribution in [3.8, 4) is 0 Å². The van der Waals surface area contributed by atoms with Crippen molar-refractivity contribution in [2.45, 2.75) is 12.5 Å². The van der Waals surface area contributed by atoms with E-state index in [0.29, 0.717) is 16.3 Å². The third-order valence-electron chi connectivity index (χ3n) is 3.81. The maximum atomic E-state index is 12.4. The normalized spacial score (nSPS) is 11.8. The molecule has 1 atom stereocenters. The first-order valence-electron chi connectivity index (χ1n) is 7.92. The SMILES string of the molecule is COC(=O)[C@@H](Cc1cnc2ccccc2n1)NC(=O)c1ccc(Cl)cc1. The van der Waals surface area contributed by atoms with Gasteiger partial charge in [0.1, 0.15) is 6.04 Å². The van der Waals surface area contributed by atoms with Crippen LogP contribution < -0.4 is 5.32 Å². The molecule has 2 aromatic carbocycles. The Labute approximate surface area is 155 Å². The number of fused-ring (bicyclic) bond motifs is 1. The highest BCUT2D eigenvalue weighted by atomic mass is 35.5. The number of benzene rings is 2. The summed E-state index contributed by atoms with van der Waals surface area (Å²) >= 11 is 5.83. The zero-order valence-electron chi connectivity index (χ0n) is 14.0. The van der Waals surface area contributed by atoms with Crippen molar-refractivity contribution in [3.05, 3.63) is 71.0 Å². The Morgan fingerprint density at radius 3 is 2.50 bits per heavy atom. The summed E-state index contributed by atoms with van der Waals surface area (Å²) in [7, 11) is 1.27. The fraction of sp³-hybridized carbons (Fsp3) is 0.158. The van der Waals surface area contributed by atoms with Crippen LogP contribution in [0, 0.1) is 0 Å². The number of ether oxygens (including phenoxy) is 1. The van der Waals surface area contributed by atoms with Gasteiger partial charge in [-0.1, -0.05) is 23.7 Å². The highest BCUT2D eigenvalue weighted by molar-refractivity contribution is 6.30. The van der Waals surface area contributed by atoms with Gasteiger partial charge >= 0.3 is 5.97 Å². The standard InChI is InChI=1S/C19H16ClN3O3/c1-26-19(25)17(23-18(24)12-6-8-13(20)9-7-12)10-14-11-21-15-4-2-3-5-16(15)22-14/h2-9,11,17H,10H2,1H3,(H,23,24)/t17-/m1/s1. The second-order valence-corrected chi connectivity index (χ2v) is 6.05. The molecule has 7 heteroatoms. The van der Waals surface area contributed by atoms with Gasteiger partial charge in [-0.3, -0.25) is 9.78 Å². The minimum atomic E-state index is -0.876. The van der Waals surface area contributed by atoms with Gasteiger partial charge in [0.15, 0.2) is 0 Å². The number of nitrogens with one attached hydrogen (secondary N) is 1. The lowest BCUT2D eigenvalue weighted by atomic mass is 10.1. The van der Waals surface area contributed by atoms with Crippen LogP contribution in [0.2, 0.25) is 5.02 Å². The van der Waals surface area contributed by atoms with E-state index in [1.807, 2.05) is 24.3 Å². The van der Waals surface area contributed by atoms with Crippen LogP contribution in [0.15, 0.2) is 54.7 Å². The predicted molar refractivity (Wildman–Crippen MR) is 98.0 cm³/mol. The lowest BCUT2D eigenvalue weighted by molar-refractivity contribution is -0.142. The molecule has 0 saturated heterocycles. The number of amides is 1. The van der Waals surface area contributed by atoms with E-state index in [1.165, 1.54) is 7.11 Å². The molecule has 1 amide bonds. The highest BCUT2D eigenvalue weighted by Crippen LogP contribution is 2.12. The predicted octanol–water partition coefficient (Wildman–Crippen LogP) is 2.80. The number of carbonyl (C=O) groups excluding carboxylic acids is 2. The van der Waals surface area contributed by atoms with E-state index in [1.54, 1.807) is 30.5 Å². The molecule has 132 valence electrons. The van der Waals surface area contributed by atoms with E-state index >= 15 is 0 Å². The fourth-order valence-corrected chi connectivity index (χ4v) is 2.61. The van der Waals surface area contributed by atoms with E-state index in [2.05, 4.69) is 15.3 Å². The number of hydrogen-bond donors (Lipinski definition) is 1. The monoisotopic (exact) mass is 369 g/mol. The summed E-state index contributed by atoms with van der Waals surface area (Å²) in [6, 6.07) is 12.9. The molecule has 0 aliphatic heterocycles. The number of aromatic nitrogens is 2. The lowest BCUT2D eigenvalue weighted by Crippen LogP contribution is -2.43. The van der Waals surface area contributed by atoms with E-state index in [4.69, 9.17) is 16.3 Å². The van der Waals surface area contributed by atoms with Crippen molar-refractivity contribution in [1.82, 2.24) is 15.3 Å². The van der Waals surface area contributed by atoms with E-state index in [9.17, 15) is 9.59 Å². The van der Waals surface area contributed by atoms with E-state index in [-0.39, 0.29) is 6.42 Å². The molecule has 0 spiro atoms. The topological polar surface area (TPSA) is 81.2 Å². The Morgan fingerprint density at radius 1 is 1.12 bits per heavy atom. The van der Waals surface area contributed by atoms with Crippen molar-refractivity contribution in [2.75, 3.05) is 7.11 Å². The number of rotatable bonds is 5. The molecule has 1 N–H and O–H groups in total. The summed E-state index contributed by atoms with van der Waals surface area (Å²) in [6.45, 7) is 0. The molecule has 1 aromatic heterocycles. The van der Waals surface area contributed by atoms with Gasteiger partial charge in [0.25, 0.3) is 5.91 Å². The smallest absolute Gasteiger partial charge is 0.328 e. The van der Waals surface area contributed by atoms with Crippen LogP contribution in [0.4, 0.5) is 0 Å². The zero-order chi connectivity index (χ0) is 18.5. The first kappa shape index (κ1) is 17.8. The van der Waals surface area contributed by atoms with Gasteiger partial charge in [0.05, 0.1) is 23.8 Å². The molecule has 3 aromatic rings. The molecular formula is C19H16ClN3O3. The third kappa shape index (κ3) is 4.15. The minimum Gasteiger partial charge on any atom is -0.467 e. The second kappa shape index (κ2) is 7.93. The Bertz CT molecular complexity index is 944. The molecule has 0 aliphatic rings. The number of halogens is 1. The molecule has 1 heterocycles. The van der Waals surface area contributed by atoms with Crippen molar-refractivity contribution >= 4 is 34.5 Å². The molecule has 0 saturated carbocycles. The fourth-order valence-electron chi connectivity index (χ4n) is 2.48. The van der Waals surface area contributed by atoms with Gasteiger partial charge in [-0.15, -0.1) is 0 Å². The van der Waals surface area contributed by atoms with Crippen LogP contribution in [-0.4, -0.2) is 35.0 Å². The van der Waals surface area contributed by atoms with Crippen LogP contribution in [0.5, 0.6) is 0 Å². The third-order valence-corrected chi connectivity index (χ3v) is 4.06. The van der Waals surface area contributed by atoms with E-state index < -0.39 is 17.9 Å². The quantitative estimate of drug-likeness (QED) is 0.699. The molecule has 3 rings (SSSR count). The Hall–Kier alpha value is -2.99. The summed E-state index contributed by atoms with van der Waals surface area (Å²) in [5, 5.41) is 3.20. The molecule has 0 aliphatic carbocycles. The van der Waals surface area contributed by atoms with Crippen LogP contribution in [0.3, 0.4) is 0 Å². The number of methoxy groups -OCH3 is 1. The number of nitrogens with zero attached hydrogens (tertiary/aromatic N) is 2. The Kier molecular flexibility index (Phi) is 5.43. The zero-order valence-corrected chi connectivity index (χ0v) is 14.7. The van der Waals surface area contributed by atoms with Gasteiger partial charge in [0.2, 0.25) is 0 Å². The molecular weight excluding hydrogens is 354 g/mol. The minimum absolute atomic E-state index is 0.170. The summed E-state index contributed by atoms with van der Waals surface area (Å²) in [6.07, 6.45) is 1.76. The molecule has 0 bridgehead atoms. The summed E-state index contributed by atoms with van der Waals surface area (Å²) in [5.74, 6) is -0.951. The van der Waals surface area contributed by atoms with Crippen molar-refractivity contribution in [1.29, 1.82) is 0 Å². The molecule has 0 unspecified atom stereocenters. The van der Waals surface area contributed by atoms with Crippen molar-refractivity contribution in [2.24, 2.45) is 0 Å². The van der Waals surface area contributed by atoms with Gasteiger partial charge < -0.3 is 10.1 Å². The largest absolute Gasteiger partial charge is 0.467 e. The van der Waals surface area contributed by atoms with Crippen LogP contribution in [-0.2, 0) is 16.0 Å². The summed E-state index contributed by atoms with van der Waals surface area (Å²) in [4.78, 5) is 33.3. The number of para-hydroxylation sites is 2. The maximum absolute atomic E-state index is 12.4. The van der Waals surface area contributed by atoms with Crippen LogP contribution >= 0.6 is 11.6 Å². The van der Waals surface area contributed by atoms with Gasteiger partial charge in [-0.05, 0) is 36.4 Å². The van der Waals surface area contributed by atoms with Crippen molar-refractivity contribution in [3.63, 3.8) is 0 Å². The van der Waals surface area contributed by atoms with Crippen LogP contribution in [0.25, 0.3) is 11.0 Å². The lowest BCUT2D eigenvalue weighted by Gasteiger charge is -2.16. The Morgan fingerprint density at radius 2 is 1.81 bits per heavy atom. The van der Waals surface area contributed by atoms with E-state index in [0.717, 1.165) is 11.0 Å². The number of hydrogen-bond acceptors (Lipinski definition) is 5. The molecule has 0 fully saturated rings. The Balaban J connectivity index is 1.79. The maximum Gasteiger partial charge on any atom is 0.328 e. The van der Waals surface area contributed by atoms with Gasteiger partial charge in [-0.25, -0.2) is 9.78 Å². The number of carbonyl (C=O) groups is 2. The highest BCUT2D eigenvalue weighted by Gasteiger charge is 2.23. The van der Waals surface area contributed by atoms with Crippen LogP contribution in [0.1, 0.15) is 16.1 Å². The molecule has 26 heavy (non-hydrogen) atoms. The molecule has 0 radical (unpaired) electrons. The first-order valence-corrected chi connectivity index (χ1v) is 8.29. The first-order chi connectivity index (χ1) is 12.6. The summed E-state index contributed by atoms with van der Waals surface area (Å²) in [5.41, 5.74) is 2.46. The van der Waals surface area contributed by atoms with Gasteiger partial charge in [0, 0.05) is 23.2 Å². The number of esters is 1. The average Bonchev–Trinajstić information content (AvgIpc) is 2.67. The van der Waals surface area contributed by atoms with Crippen molar-refractivity contribution < 1.29 is 14.3 Å². The second-order valence-electron chi connectivity index (χ2n) is 5.61. The average molecular weight is 370 g/mol. The van der Waals surface area contributed by atoms with Gasteiger partial charge in [-0.2, -0.15) is 0 Å². The summed E-state index contributed by atoms with van der Waals surface area (Å²) < 4.78 is 4.80. The molecule has 6 nitrogen and oxygen atoms in total.